The van der Waals surface area contributed by atoms with Crippen molar-refractivity contribution in [1.82, 2.24) is 10.2 Å². The minimum Gasteiger partial charge on any atom is -0.469 e. The van der Waals surface area contributed by atoms with E-state index in [0.717, 1.165) is 19.4 Å². The first-order chi connectivity index (χ1) is 8.61. The van der Waals surface area contributed by atoms with Crippen LogP contribution in [0.1, 0.15) is 19.3 Å². The van der Waals surface area contributed by atoms with Crippen LogP contribution in [0.5, 0.6) is 0 Å². The maximum absolute atomic E-state index is 11.6. The predicted molar refractivity (Wildman–Crippen MR) is 66.1 cm³/mol. The molecule has 0 aromatic heterocycles. The summed E-state index contributed by atoms with van der Waals surface area (Å²) in [6, 6.07) is 0. The molecule has 1 fully saturated rings. The molecule has 1 aliphatic rings. The molecule has 1 saturated heterocycles. The van der Waals surface area contributed by atoms with Crippen LogP contribution in [0.15, 0.2) is 0 Å². The lowest BCUT2D eigenvalue weighted by atomic mass is 10.2. The van der Waals surface area contributed by atoms with E-state index >= 15 is 0 Å². The molecule has 1 heterocycles. The number of rotatable bonds is 7. The highest BCUT2D eigenvalue weighted by Gasteiger charge is 2.16. The summed E-state index contributed by atoms with van der Waals surface area (Å²) < 4.78 is 9.95. The molecule has 0 aromatic carbocycles. The van der Waals surface area contributed by atoms with Crippen molar-refractivity contribution in [3.63, 3.8) is 0 Å². The quantitative estimate of drug-likeness (QED) is 0.639. The smallest absolute Gasteiger partial charge is 0.306 e. The number of nitrogens with zero attached hydrogens (tertiary/aromatic N) is 1. The van der Waals surface area contributed by atoms with Crippen LogP contribution in [-0.2, 0) is 19.1 Å². The average Bonchev–Trinajstić information content (AvgIpc) is 2.86. The lowest BCUT2D eigenvalue weighted by Crippen LogP contribution is -2.39. The topological polar surface area (TPSA) is 67.9 Å². The molecule has 0 spiro atoms. The van der Waals surface area contributed by atoms with Crippen molar-refractivity contribution in [2.45, 2.75) is 25.4 Å². The van der Waals surface area contributed by atoms with Gasteiger partial charge in [0.15, 0.2) is 0 Å². The SMILES string of the molecule is COC(=O)CCN(C)CC(=O)NCC1CCCO1. The van der Waals surface area contributed by atoms with Crippen molar-refractivity contribution in [3.8, 4) is 0 Å². The van der Waals surface area contributed by atoms with Gasteiger partial charge in [-0.1, -0.05) is 0 Å². The number of methoxy groups -OCH3 is 1. The molecule has 0 aromatic rings. The number of nitrogens with one attached hydrogen (secondary N) is 1. The van der Waals surface area contributed by atoms with Crippen molar-refractivity contribution in [1.29, 1.82) is 0 Å². The van der Waals surface area contributed by atoms with E-state index in [4.69, 9.17) is 4.74 Å². The van der Waals surface area contributed by atoms with Crippen molar-refractivity contribution in [2.24, 2.45) is 0 Å². The van der Waals surface area contributed by atoms with E-state index in [1.54, 1.807) is 11.9 Å². The number of hydrogen-bond donors (Lipinski definition) is 1. The molecule has 1 N–H and O–H groups in total. The first-order valence-corrected chi connectivity index (χ1v) is 6.25. The summed E-state index contributed by atoms with van der Waals surface area (Å²) in [6.45, 7) is 2.16. The maximum atomic E-state index is 11.6. The minimum absolute atomic E-state index is 0.0436. The van der Waals surface area contributed by atoms with Crippen molar-refractivity contribution >= 4 is 11.9 Å². The zero-order valence-electron chi connectivity index (χ0n) is 11.1. The van der Waals surface area contributed by atoms with Crippen LogP contribution < -0.4 is 5.32 Å². The molecule has 6 heteroatoms. The van der Waals surface area contributed by atoms with Gasteiger partial charge in [0.25, 0.3) is 0 Å². The highest BCUT2D eigenvalue weighted by atomic mass is 16.5. The summed E-state index contributed by atoms with van der Waals surface area (Å²) in [5, 5.41) is 2.84. The Morgan fingerprint density at radius 2 is 2.28 bits per heavy atom. The third-order valence-corrected chi connectivity index (χ3v) is 2.89. The molecule has 1 rings (SSSR count). The third-order valence-electron chi connectivity index (χ3n) is 2.89. The van der Waals surface area contributed by atoms with E-state index in [1.165, 1.54) is 7.11 Å². The summed E-state index contributed by atoms with van der Waals surface area (Å²) in [5.41, 5.74) is 0. The lowest BCUT2D eigenvalue weighted by Gasteiger charge is -2.16. The Labute approximate surface area is 108 Å². The van der Waals surface area contributed by atoms with Crippen LogP contribution in [0.2, 0.25) is 0 Å². The van der Waals surface area contributed by atoms with Gasteiger partial charge < -0.3 is 14.8 Å². The van der Waals surface area contributed by atoms with E-state index in [0.29, 0.717) is 19.5 Å². The second kappa shape index (κ2) is 8.05. The zero-order chi connectivity index (χ0) is 13.4. The van der Waals surface area contributed by atoms with Gasteiger partial charge in [0.05, 0.1) is 26.2 Å². The number of ether oxygens (including phenoxy) is 2. The van der Waals surface area contributed by atoms with Crippen molar-refractivity contribution < 1.29 is 19.1 Å². The molecule has 1 unspecified atom stereocenters. The van der Waals surface area contributed by atoms with Gasteiger partial charge in [-0.3, -0.25) is 14.5 Å². The Kier molecular flexibility index (Phi) is 6.67. The summed E-state index contributed by atoms with van der Waals surface area (Å²) in [6.07, 6.45) is 2.54. The van der Waals surface area contributed by atoms with Crippen LogP contribution in [0, 0.1) is 0 Å². The maximum Gasteiger partial charge on any atom is 0.306 e. The fourth-order valence-electron chi connectivity index (χ4n) is 1.80. The van der Waals surface area contributed by atoms with E-state index in [-0.39, 0.29) is 24.5 Å². The summed E-state index contributed by atoms with van der Waals surface area (Å²) in [5.74, 6) is -0.306. The fourth-order valence-corrected chi connectivity index (χ4v) is 1.80. The number of hydrogen-bond acceptors (Lipinski definition) is 5. The first kappa shape index (κ1) is 14.9. The average molecular weight is 258 g/mol. The molecule has 0 radical (unpaired) electrons. The molecule has 0 bridgehead atoms. The van der Waals surface area contributed by atoms with E-state index in [2.05, 4.69) is 10.1 Å². The lowest BCUT2D eigenvalue weighted by molar-refractivity contribution is -0.141. The molecule has 6 nitrogen and oxygen atoms in total. The molecule has 0 aliphatic carbocycles. The molecule has 1 atom stereocenters. The first-order valence-electron chi connectivity index (χ1n) is 6.25. The Hall–Kier alpha value is -1.14. The van der Waals surface area contributed by atoms with Crippen LogP contribution in [0.4, 0.5) is 0 Å². The summed E-state index contributed by atoms with van der Waals surface area (Å²) in [7, 11) is 3.16. The number of likely N-dealkylation sites (N-methyl/N-ethyl adjacent to an activating group) is 1. The summed E-state index contributed by atoms with van der Waals surface area (Å²) >= 11 is 0. The van der Waals surface area contributed by atoms with Gasteiger partial charge in [-0.2, -0.15) is 0 Å². The van der Waals surface area contributed by atoms with Gasteiger partial charge in [-0.05, 0) is 19.9 Å². The number of carbonyl (C=O) groups is 2. The molecule has 1 aliphatic heterocycles. The highest BCUT2D eigenvalue weighted by Crippen LogP contribution is 2.10. The Balaban J connectivity index is 2.08. The zero-order valence-corrected chi connectivity index (χ0v) is 11.1. The van der Waals surface area contributed by atoms with Gasteiger partial charge in [0.2, 0.25) is 5.91 Å². The normalized spacial score (nSPS) is 18.9. The molecule has 104 valence electrons. The monoisotopic (exact) mass is 258 g/mol. The van der Waals surface area contributed by atoms with E-state index < -0.39 is 0 Å². The van der Waals surface area contributed by atoms with E-state index in [9.17, 15) is 9.59 Å². The fraction of sp³-hybridized carbons (Fsp3) is 0.833. The number of carbonyl (C=O) groups excluding carboxylic acids is 2. The highest BCUT2D eigenvalue weighted by molar-refractivity contribution is 5.78. The third kappa shape index (κ3) is 5.97. The van der Waals surface area contributed by atoms with Gasteiger partial charge >= 0.3 is 5.97 Å². The molecule has 18 heavy (non-hydrogen) atoms. The second-order valence-corrected chi connectivity index (χ2v) is 4.50. The molecule has 1 amide bonds. The van der Waals surface area contributed by atoms with Gasteiger partial charge in [0, 0.05) is 19.7 Å². The van der Waals surface area contributed by atoms with Crippen molar-refractivity contribution in [3.05, 3.63) is 0 Å². The molecule has 0 saturated carbocycles. The van der Waals surface area contributed by atoms with Gasteiger partial charge in [-0.25, -0.2) is 0 Å². The number of amides is 1. The Morgan fingerprint density at radius 1 is 1.50 bits per heavy atom. The molecular weight excluding hydrogens is 236 g/mol. The largest absolute Gasteiger partial charge is 0.469 e. The number of esters is 1. The van der Waals surface area contributed by atoms with Crippen LogP contribution in [0.3, 0.4) is 0 Å². The Bertz CT molecular complexity index is 277. The minimum atomic E-state index is -0.262. The van der Waals surface area contributed by atoms with Crippen LogP contribution in [-0.4, -0.2) is 63.3 Å². The van der Waals surface area contributed by atoms with Crippen LogP contribution in [0.25, 0.3) is 0 Å². The van der Waals surface area contributed by atoms with Crippen LogP contribution >= 0.6 is 0 Å². The van der Waals surface area contributed by atoms with Gasteiger partial charge in [0.1, 0.15) is 0 Å². The van der Waals surface area contributed by atoms with Crippen molar-refractivity contribution in [2.75, 3.05) is 40.4 Å². The predicted octanol–water partition coefficient (Wildman–Crippen LogP) is -0.223. The summed E-state index contributed by atoms with van der Waals surface area (Å²) in [4.78, 5) is 24.3. The standard InChI is InChI=1S/C12H22N2O4/c1-14(6-5-12(16)17-2)9-11(15)13-8-10-4-3-7-18-10/h10H,3-9H2,1-2H3,(H,13,15). The Morgan fingerprint density at radius 3 is 2.89 bits per heavy atom. The van der Waals surface area contributed by atoms with E-state index in [1.807, 2.05) is 0 Å². The second-order valence-electron chi connectivity index (χ2n) is 4.50. The molecular formula is C12H22N2O4. The van der Waals surface area contributed by atoms with Gasteiger partial charge in [-0.15, -0.1) is 0 Å².